The van der Waals surface area contributed by atoms with Crippen LogP contribution >= 0.6 is 0 Å². The molecule has 266 valence electrons. The van der Waals surface area contributed by atoms with Crippen LogP contribution in [0, 0.1) is 0 Å². The molecular weight excluding hydrogens is 691 g/mol. The van der Waals surface area contributed by atoms with Crippen molar-refractivity contribution < 1.29 is 0 Å². The van der Waals surface area contributed by atoms with Gasteiger partial charge in [-0.1, -0.05) is 188 Å². The summed E-state index contributed by atoms with van der Waals surface area (Å²) in [5, 5.41) is 3.38. The van der Waals surface area contributed by atoms with Gasteiger partial charge >= 0.3 is 0 Å². The van der Waals surface area contributed by atoms with Crippen LogP contribution in [0.25, 0.3) is 77.8 Å². The third kappa shape index (κ3) is 5.24. The summed E-state index contributed by atoms with van der Waals surface area (Å²) in [4.78, 5) is 15.2. The molecule has 0 atom stereocenters. The molecular formula is C54H35N3. The predicted molar refractivity (Wildman–Crippen MR) is 234 cm³/mol. The Morgan fingerprint density at radius 1 is 0.351 bits per heavy atom. The first-order chi connectivity index (χ1) is 28.3. The van der Waals surface area contributed by atoms with E-state index in [2.05, 4.69) is 182 Å². The van der Waals surface area contributed by atoms with Crippen LogP contribution in [0.1, 0.15) is 22.3 Å². The minimum absolute atomic E-state index is 0.470. The number of para-hydroxylation sites is 1. The van der Waals surface area contributed by atoms with Crippen molar-refractivity contribution in [1.29, 1.82) is 0 Å². The Hall–Kier alpha value is -7.49. The van der Waals surface area contributed by atoms with Gasteiger partial charge in [0.25, 0.3) is 0 Å². The van der Waals surface area contributed by atoms with Crippen LogP contribution in [0.4, 0.5) is 0 Å². The fourth-order valence-electron chi connectivity index (χ4n) is 9.14. The predicted octanol–water partition coefficient (Wildman–Crippen LogP) is 13.2. The van der Waals surface area contributed by atoms with Gasteiger partial charge in [0.1, 0.15) is 0 Å². The van der Waals surface area contributed by atoms with Gasteiger partial charge in [0, 0.05) is 28.3 Å². The molecule has 3 nitrogen and oxygen atoms in total. The number of fused-ring (bicyclic) bond motifs is 5. The first-order valence-electron chi connectivity index (χ1n) is 19.4. The summed E-state index contributed by atoms with van der Waals surface area (Å²) in [5.41, 5.74) is 15.2. The maximum absolute atomic E-state index is 5.26. The SMILES string of the molecule is c1ccc(-c2nc(-c3ccc(-c4ccc5c(c4)C(c4ccccc4)(c4ccccc4)c4ccccc4-5)c4ccccc34)cc(-c3cccc4cccnc34)n2)cc1. The molecule has 0 saturated carbocycles. The van der Waals surface area contributed by atoms with Gasteiger partial charge in [0.2, 0.25) is 0 Å². The summed E-state index contributed by atoms with van der Waals surface area (Å²) in [7, 11) is 0. The standard InChI is InChI=1S/C54H35N3/c1-4-16-37(17-5-1)53-56-50(35-51(57-53)47-27-14-18-36-19-15-33-55-52(36)47)46-32-31-41(42-24-10-11-25-43(42)46)38-29-30-45-44-26-12-13-28-48(44)54(49(45)34-38,39-20-6-2-7-21-39)40-22-8-3-9-23-40/h1-35H. The van der Waals surface area contributed by atoms with Crippen molar-refractivity contribution in [1.82, 2.24) is 15.0 Å². The number of nitrogens with zero attached hydrogens (tertiary/aromatic N) is 3. The number of aromatic nitrogens is 3. The van der Waals surface area contributed by atoms with Crippen LogP contribution in [0.3, 0.4) is 0 Å². The molecule has 0 N–H and O–H groups in total. The highest BCUT2D eigenvalue weighted by molar-refractivity contribution is 6.05. The van der Waals surface area contributed by atoms with E-state index >= 15 is 0 Å². The summed E-state index contributed by atoms with van der Waals surface area (Å²) in [6.45, 7) is 0. The Balaban J connectivity index is 1.12. The monoisotopic (exact) mass is 725 g/mol. The molecule has 0 fully saturated rings. The lowest BCUT2D eigenvalue weighted by Crippen LogP contribution is -2.28. The second kappa shape index (κ2) is 13.4. The summed E-state index contributed by atoms with van der Waals surface area (Å²) < 4.78 is 0. The van der Waals surface area contributed by atoms with E-state index in [1.54, 1.807) is 0 Å². The quantitative estimate of drug-likeness (QED) is 0.171. The molecule has 2 heterocycles. The fraction of sp³-hybridized carbons (Fsp3) is 0.0185. The smallest absolute Gasteiger partial charge is 0.160 e. The van der Waals surface area contributed by atoms with Crippen molar-refractivity contribution in [3.05, 3.63) is 235 Å². The molecule has 0 spiro atoms. The van der Waals surface area contributed by atoms with Gasteiger partial charge in [-0.15, -0.1) is 0 Å². The lowest BCUT2D eigenvalue weighted by Gasteiger charge is -2.34. The molecule has 11 rings (SSSR count). The van der Waals surface area contributed by atoms with Crippen molar-refractivity contribution in [3.63, 3.8) is 0 Å². The molecule has 8 aromatic carbocycles. The molecule has 2 aromatic heterocycles. The second-order valence-corrected chi connectivity index (χ2v) is 14.7. The van der Waals surface area contributed by atoms with Gasteiger partial charge in [-0.25, -0.2) is 9.97 Å². The molecule has 0 amide bonds. The van der Waals surface area contributed by atoms with E-state index < -0.39 is 5.41 Å². The van der Waals surface area contributed by atoms with Gasteiger partial charge in [-0.3, -0.25) is 4.98 Å². The third-order valence-electron chi connectivity index (χ3n) is 11.6. The summed E-state index contributed by atoms with van der Waals surface area (Å²) in [6, 6.07) is 74.0. The molecule has 0 aliphatic heterocycles. The molecule has 10 aromatic rings. The zero-order valence-electron chi connectivity index (χ0n) is 31.0. The molecule has 57 heavy (non-hydrogen) atoms. The summed E-state index contributed by atoms with van der Waals surface area (Å²) in [6.07, 6.45) is 1.85. The van der Waals surface area contributed by atoms with Crippen molar-refractivity contribution >= 4 is 21.7 Å². The van der Waals surface area contributed by atoms with Gasteiger partial charge in [-0.2, -0.15) is 0 Å². The summed E-state index contributed by atoms with van der Waals surface area (Å²) in [5.74, 6) is 0.681. The Labute approximate surface area is 331 Å². The molecule has 1 aliphatic carbocycles. The Morgan fingerprint density at radius 3 is 1.67 bits per heavy atom. The molecule has 0 unspecified atom stereocenters. The number of rotatable bonds is 6. The van der Waals surface area contributed by atoms with Crippen molar-refractivity contribution in [2.24, 2.45) is 0 Å². The zero-order valence-corrected chi connectivity index (χ0v) is 31.0. The topological polar surface area (TPSA) is 38.7 Å². The Bertz CT molecular complexity index is 3070. The molecule has 0 radical (unpaired) electrons. The number of hydrogen-bond acceptors (Lipinski definition) is 3. The maximum atomic E-state index is 5.26. The zero-order chi connectivity index (χ0) is 37.8. The minimum Gasteiger partial charge on any atom is -0.256 e. The van der Waals surface area contributed by atoms with E-state index in [1.807, 2.05) is 30.5 Å². The highest BCUT2D eigenvalue weighted by Gasteiger charge is 2.46. The number of hydrogen-bond donors (Lipinski definition) is 0. The average molecular weight is 726 g/mol. The maximum Gasteiger partial charge on any atom is 0.160 e. The third-order valence-corrected chi connectivity index (χ3v) is 11.6. The second-order valence-electron chi connectivity index (χ2n) is 14.7. The Morgan fingerprint density at radius 2 is 0.912 bits per heavy atom. The van der Waals surface area contributed by atoms with E-state index in [4.69, 9.17) is 15.0 Å². The lowest BCUT2D eigenvalue weighted by molar-refractivity contribution is 0.769. The molecule has 0 bridgehead atoms. The van der Waals surface area contributed by atoms with E-state index in [-0.39, 0.29) is 0 Å². The average Bonchev–Trinajstić information content (AvgIpc) is 3.59. The number of pyridine rings is 1. The summed E-state index contributed by atoms with van der Waals surface area (Å²) >= 11 is 0. The van der Waals surface area contributed by atoms with Crippen molar-refractivity contribution in [3.8, 4) is 56.2 Å². The van der Waals surface area contributed by atoms with E-state index in [0.717, 1.165) is 44.4 Å². The van der Waals surface area contributed by atoms with Crippen molar-refractivity contribution in [2.75, 3.05) is 0 Å². The highest BCUT2D eigenvalue weighted by Crippen LogP contribution is 2.57. The minimum atomic E-state index is -0.470. The number of benzene rings is 8. The van der Waals surface area contributed by atoms with Gasteiger partial charge in [0.05, 0.1) is 22.3 Å². The molecule has 3 heteroatoms. The lowest BCUT2D eigenvalue weighted by atomic mass is 9.67. The van der Waals surface area contributed by atoms with Crippen LogP contribution in [-0.2, 0) is 5.41 Å². The van der Waals surface area contributed by atoms with Crippen LogP contribution in [-0.4, -0.2) is 15.0 Å². The normalized spacial score (nSPS) is 12.7. The van der Waals surface area contributed by atoms with Crippen molar-refractivity contribution in [2.45, 2.75) is 5.41 Å². The first kappa shape index (κ1) is 32.9. The largest absolute Gasteiger partial charge is 0.256 e. The van der Waals surface area contributed by atoms with Crippen LogP contribution < -0.4 is 0 Å². The van der Waals surface area contributed by atoms with Crippen LogP contribution in [0.5, 0.6) is 0 Å². The van der Waals surface area contributed by atoms with Crippen LogP contribution in [0.15, 0.2) is 212 Å². The highest BCUT2D eigenvalue weighted by atomic mass is 14.9. The Kier molecular flexibility index (Phi) is 7.71. The fourth-order valence-corrected chi connectivity index (χ4v) is 9.14. The molecule has 1 aliphatic rings. The molecule has 0 saturated heterocycles. The van der Waals surface area contributed by atoms with Gasteiger partial charge < -0.3 is 0 Å². The van der Waals surface area contributed by atoms with Crippen LogP contribution in [0.2, 0.25) is 0 Å². The van der Waals surface area contributed by atoms with E-state index in [1.165, 1.54) is 49.9 Å². The van der Waals surface area contributed by atoms with E-state index in [9.17, 15) is 0 Å². The first-order valence-corrected chi connectivity index (χ1v) is 19.4. The van der Waals surface area contributed by atoms with E-state index in [0.29, 0.717) is 5.82 Å². The van der Waals surface area contributed by atoms with Gasteiger partial charge in [0.15, 0.2) is 5.82 Å². The van der Waals surface area contributed by atoms with Gasteiger partial charge in [-0.05, 0) is 73.5 Å².